The van der Waals surface area contributed by atoms with Gasteiger partial charge in [0.25, 0.3) is 0 Å². The Morgan fingerprint density at radius 2 is 2.42 bits per heavy atom. The van der Waals surface area contributed by atoms with Gasteiger partial charge in [0.2, 0.25) is 0 Å². The van der Waals surface area contributed by atoms with Crippen LogP contribution in [0.3, 0.4) is 0 Å². The van der Waals surface area contributed by atoms with E-state index in [2.05, 4.69) is 35.8 Å². The van der Waals surface area contributed by atoms with Crippen molar-refractivity contribution in [1.29, 1.82) is 0 Å². The lowest BCUT2D eigenvalue weighted by Gasteiger charge is -2.13. The molecule has 0 radical (unpaired) electrons. The largest absolute Gasteiger partial charge is 0.372 e. The van der Waals surface area contributed by atoms with Crippen LogP contribution in [0.25, 0.3) is 0 Å². The monoisotopic (exact) mass is 166 g/mol. The Morgan fingerprint density at radius 3 is 3.08 bits per heavy atom. The van der Waals surface area contributed by atoms with Gasteiger partial charge in [-0.15, -0.1) is 0 Å². The summed E-state index contributed by atoms with van der Waals surface area (Å²) in [5, 5.41) is 6.61. The van der Waals surface area contributed by atoms with Crippen molar-refractivity contribution in [3.63, 3.8) is 0 Å². The van der Waals surface area contributed by atoms with E-state index >= 15 is 0 Å². The van der Waals surface area contributed by atoms with Gasteiger partial charge in [-0.05, 0) is 12.5 Å². The van der Waals surface area contributed by atoms with Crippen LogP contribution in [0.4, 0.5) is 0 Å². The van der Waals surface area contributed by atoms with Crippen LogP contribution in [0.1, 0.15) is 26.2 Å². The maximum absolute atomic E-state index is 3.36. The standard InChI is InChI=1S/C10H18N2/c1-2-3-5-8-11-10-7-4-6-9-12-10/h4,6-7,11-12H,2-3,5,8-9H2,1H3. The molecule has 0 fully saturated rings. The first-order valence-corrected chi connectivity index (χ1v) is 4.78. The summed E-state index contributed by atoms with van der Waals surface area (Å²) in [6.07, 6.45) is 10.1. The predicted molar refractivity (Wildman–Crippen MR) is 52.8 cm³/mol. The highest BCUT2D eigenvalue weighted by Gasteiger charge is 1.95. The Kier molecular flexibility index (Phi) is 4.35. The van der Waals surface area contributed by atoms with Crippen molar-refractivity contribution in [3.8, 4) is 0 Å². The molecular weight excluding hydrogens is 148 g/mol. The average Bonchev–Trinajstić information content (AvgIpc) is 2.14. The molecule has 0 aromatic carbocycles. The third-order valence-electron chi connectivity index (χ3n) is 1.91. The summed E-state index contributed by atoms with van der Waals surface area (Å²) < 4.78 is 0. The van der Waals surface area contributed by atoms with Crippen LogP contribution in [-0.4, -0.2) is 13.1 Å². The number of rotatable bonds is 5. The molecule has 0 saturated heterocycles. The van der Waals surface area contributed by atoms with Crippen LogP contribution in [0.5, 0.6) is 0 Å². The maximum atomic E-state index is 3.36. The topological polar surface area (TPSA) is 24.1 Å². The lowest BCUT2D eigenvalue weighted by molar-refractivity contribution is 0.636. The molecule has 1 aliphatic rings. The summed E-state index contributed by atoms with van der Waals surface area (Å²) in [7, 11) is 0. The second kappa shape index (κ2) is 5.70. The molecule has 0 atom stereocenters. The first kappa shape index (κ1) is 9.17. The van der Waals surface area contributed by atoms with Crippen LogP contribution in [0.15, 0.2) is 24.0 Å². The molecule has 1 heterocycles. The van der Waals surface area contributed by atoms with Gasteiger partial charge in [-0.3, -0.25) is 0 Å². The van der Waals surface area contributed by atoms with Gasteiger partial charge in [0, 0.05) is 13.1 Å². The number of allylic oxidation sites excluding steroid dienone is 2. The van der Waals surface area contributed by atoms with Gasteiger partial charge in [0.15, 0.2) is 0 Å². The molecule has 68 valence electrons. The average molecular weight is 166 g/mol. The summed E-state index contributed by atoms with van der Waals surface area (Å²) in [4.78, 5) is 0. The highest BCUT2D eigenvalue weighted by Crippen LogP contribution is 1.95. The zero-order valence-electron chi connectivity index (χ0n) is 7.77. The highest BCUT2D eigenvalue weighted by molar-refractivity contribution is 5.15. The summed E-state index contributed by atoms with van der Waals surface area (Å²) in [5.41, 5.74) is 0. The highest BCUT2D eigenvalue weighted by atomic mass is 15.1. The smallest absolute Gasteiger partial charge is 0.0988 e. The number of dihydropyridines is 1. The van der Waals surface area contributed by atoms with Crippen molar-refractivity contribution in [2.24, 2.45) is 0 Å². The van der Waals surface area contributed by atoms with Crippen molar-refractivity contribution in [1.82, 2.24) is 10.6 Å². The molecule has 0 aromatic heterocycles. The van der Waals surface area contributed by atoms with Crippen LogP contribution >= 0.6 is 0 Å². The fraction of sp³-hybridized carbons (Fsp3) is 0.600. The number of hydrogen-bond acceptors (Lipinski definition) is 2. The van der Waals surface area contributed by atoms with Gasteiger partial charge in [-0.1, -0.05) is 31.9 Å². The quantitative estimate of drug-likeness (QED) is 0.608. The summed E-state index contributed by atoms with van der Waals surface area (Å²) in [6.45, 7) is 4.26. The van der Waals surface area contributed by atoms with Crippen molar-refractivity contribution in [3.05, 3.63) is 24.0 Å². The van der Waals surface area contributed by atoms with Crippen molar-refractivity contribution in [2.45, 2.75) is 26.2 Å². The Hall–Kier alpha value is -0.920. The zero-order chi connectivity index (χ0) is 8.65. The molecular formula is C10H18N2. The van der Waals surface area contributed by atoms with E-state index in [-0.39, 0.29) is 0 Å². The lowest BCUT2D eigenvalue weighted by atomic mass is 10.2. The summed E-state index contributed by atoms with van der Waals surface area (Å²) in [5.74, 6) is 1.16. The second-order valence-corrected chi connectivity index (χ2v) is 3.02. The first-order valence-electron chi connectivity index (χ1n) is 4.78. The Balaban J connectivity index is 2.06. The van der Waals surface area contributed by atoms with Gasteiger partial charge in [0.05, 0.1) is 5.82 Å². The van der Waals surface area contributed by atoms with E-state index < -0.39 is 0 Å². The Labute approximate surface area is 74.7 Å². The first-order chi connectivity index (χ1) is 5.93. The number of unbranched alkanes of at least 4 members (excludes halogenated alkanes) is 2. The third-order valence-corrected chi connectivity index (χ3v) is 1.91. The normalized spacial score (nSPS) is 15.2. The number of hydrogen-bond donors (Lipinski definition) is 2. The van der Waals surface area contributed by atoms with Crippen LogP contribution in [-0.2, 0) is 0 Å². The van der Waals surface area contributed by atoms with Crippen LogP contribution < -0.4 is 10.6 Å². The molecule has 0 aliphatic carbocycles. The minimum absolute atomic E-state index is 0.951. The van der Waals surface area contributed by atoms with Gasteiger partial charge in [-0.25, -0.2) is 0 Å². The van der Waals surface area contributed by atoms with E-state index in [9.17, 15) is 0 Å². The molecule has 0 amide bonds. The SMILES string of the molecule is CCCCCNC1=CC=CCN1. The van der Waals surface area contributed by atoms with E-state index in [4.69, 9.17) is 0 Å². The maximum Gasteiger partial charge on any atom is 0.0988 e. The molecule has 1 rings (SSSR count). The van der Waals surface area contributed by atoms with Gasteiger partial charge < -0.3 is 10.6 Å². The number of nitrogens with one attached hydrogen (secondary N) is 2. The van der Waals surface area contributed by atoms with Gasteiger partial charge >= 0.3 is 0 Å². The molecule has 2 nitrogen and oxygen atoms in total. The van der Waals surface area contributed by atoms with Gasteiger partial charge in [0.1, 0.15) is 0 Å². The van der Waals surface area contributed by atoms with Gasteiger partial charge in [-0.2, -0.15) is 0 Å². The molecule has 2 N–H and O–H groups in total. The fourth-order valence-electron chi connectivity index (χ4n) is 1.18. The van der Waals surface area contributed by atoms with E-state index in [1.54, 1.807) is 0 Å². The van der Waals surface area contributed by atoms with E-state index in [1.807, 2.05) is 0 Å². The summed E-state index contributed by atoms with van der Waals surface area (Å²) in [6, 6.07) is 0. The molecule has 0 spiro atoms. The molecule has 0 bridgehead atoms. The molecule has 0 aromatic rings. The summed E-state index contributed by atoms with van der Waals surface area (Å²) >= 11 is 0. The van der Waals surface area contributed by atoms with Crippen LogP contribution in [0, 0.1) is 0 Å². The lowest BCUT2D eigenvalue weighted by Crippen LogP contribution is -2.28. The Morgan fingerprint density at radius 1 is 1.50 bits per heavy atom. The van der Waals surface area contributed by atoms with E-state index in [1.165, 1.54) is 19.3 Å². The van der Waals surface area contributed by atoms with Crippen molar-refractivity contribution in [2.75, 3.05) is 13.1 Å². The molecule has 0 unspecified atom stereocenters. The molecule has 2 heteroatoms. The molecule has 0 saturated carbocycles. The second-order valence-electron chi connectivity index (χ2n) is 3.02. The Bertz CT molecular complexity index is 171. The minimum atomic E-state index is 0.951. The zero-order valence-corrected chi connectivity index (χ0v) is 7.77. The minimum Gasteiger partial charge on any atom is -0.372 e. The third kappa shape index (κ3) is 3.46. The fourth-order valence-corrected chi connectivity index (χ4v) is 1.18. The molecule has 1 aliphatic heterocycles. The van der Waals surface area contributed by atoms with Crippen molar-refractivity contribution >= 4 is 0 Å². The molecule has 12 heavy (non-hydrogen) atoms. The van der Waals surface area contributed by atoms with E-state index in [0.717, 1.165) is 18.9 Å². The predicted octanol–water partition coefficient (Wildman–Crippen LogP) is 1.77. The van der Waals surface area contributed by atoms with Crippen LogP contribution in [0.2, 0.25) is 0 Å². The van der Waals surface area contributed by atoms with Crippen molar-refractivity contribution < 1.29 is 0 Å². The van der Waals surface area contributed by atoms with E-state index in [0.29, 0.717) is 0 Å².